The number of nitrogens with one attached hydrogen (secondary N) is 1. The van der Waals surface area contributed by atoms with Crippen LogP contribution in [0.15, 0.2) is 77.3 Å². The number of unbranched alkanes of at least 4 members (excludes halogenated alkanes) is 2. The number of nitro benzene ring substituents is 2. The van der Waals surface area contributed by atoms with Crippen molar-refractivity contribution in [3.05, 3.63) is 115 Å². The van der Waals surface area contributed by atoms with E-state index in [0.29, 0.717) is 135 Å². The van der Waals surface area contributed by atoms with Gasteiger partial charge in [0.1, 0.15) is 11.3 Å². The number of hydrogen-bond acceptors (Lipinski definition) is 14. The maximum absolute atomic E-state index is 14.0. The van der Waals surface area contributed by atoms with Crippen LogP contribution in [0.4, 0.5) is 28.4 Å². The van der Waals surface area contributed by atoms with Crippen molar-refractivity contribution >= 4 is 56.9 Å². The van der Waals surface area contributed by atoms with Crippen molar-refractivity contribution < 1.29 is 48.1 Å². The van der Waals surface area contributed by atoms with Gasteiger partial charge in [-0.3, -0.25) is 29.8 Å². The first-order valence-corrected chi connectivity index (χ1v) is 20.7. The highest BCUT2D eigenvalue weighted by Gasteiger charge is 2.35. The zero-order valence-corrected chi connectivity index (χ0v) is 34.0. The number of piperidine rings is 1. The van der Waals surface area contributed by atoms with Crippen LogP contribution in [-0.4, -0.2) is 90.4 Å². The molecule has 0 unspecified atom stereocenters. The van der Waals surface area contributed by atoms with Gasteiger partial charge >= 0.3 is 5.97 Å². The number of aryl methyl sites for hydroxylation is 1. The lowest BCUT2D eigenvalue weighted by atomic mass is 9.85. The average molecular weight is 866 g/mol. The predicted octanol–water partition coefficient (Wildman–Crippen LogP) is 8.96. The van der Waals surface area contributed by atoms with Crippen molar-refractivity contribution in [2.75, 3.05) is 62.9 Å². The van der Waals surface area contributed by atoms with Crippen LogP contribution in [0.5, 0.6) is 0 Å². The van der Waals surface area contributed by atoms with Gasteiger partial charge in [0, 0.05) is 67.1 Å². The third-order valence-electron chi connectivity index (χ3n) is 11.2. The number of carboxylic acid groups (broad SMARTS) is 1. The number of rotatable bonds is 23. The zero-order valence-electron chi connectivity index (χ0n) is 34.0. The Morgan fingerprint density at radius 2 is 1.57 bits per heavy atom. The molecule has 1 saturated heterocycles. The van der Waals surface area contributed by atoms with Crippen LogP contribution in [0.2, 0.25) is 0 Å². The topological polar surface area (TPSA) is 227 Å². The van der Waals surface area contributed by atoms with E-state index < -0.39 is 15.8 Å². The van der Waals surface area contributed by atoms with E-state index in [1.165, 1.54) is 24.3 Å². The van der Waals surface area contributed by atoms with Crippen LogP contribution in [0.1, 0.15) is 84.2 Å². The molecule has 0 spiro atoms. The second-order valence-corrected chi connectivity index (χ2v) is 15.3. The van der Waals surface area contributed by atoms with Gasteiger partial charge in [-0.2, -0.15) is 0 Å². The zero-order chi connectivity index (χ0) is 43.6. The normalized spacial score (nSPS) is 14.3. The number of aromatic carboxylic acids is 1. The fourth-order valence-electron chi connectivity index (χ4n) is 8.04. The van der Waals surface area contributed by atoms with Gasteiger partial charge in [0.05, 0.1) is 70.2 Å². The molecule has 2 aliphatic rings. The monoisotopic (exact) mass is 865 g/mol. The highest BCUT2D eigenvalue weighted by molar-refractivity contribution is 6.29. The smallest absolute Gasteiger partial charge is 0.335 e. The summed E-state index contributed by atoms with van der Waals surface area (Å²) in [4.78, 5) is 62.4. The van der Waals surface area contributed by atoms with E-state index in [2.05, 4.69) is 15.4 Å². The molecule has 0 bridgehead atoms. The fraction of sp³-hybridized carbons (Fsp3) is 0.391. The van der Waals surface area contributed by atoms with Crippen molar-refractivity contribution in [2.45, 2.75) is 58.8 Å². The number of benzene rings is 4. The van der Waals surface area contributed by atoms with E-state index in [-0.39, 0.29) is 41.8 Å². The highest BCUT2D eigenvalue weighted by atomic mass is 16.6. The summed E-state index contributed by atoms with van der Waals surface area (Å²) in [5, 5.41) is 40.2. The maximum atomic E-state index is 14.0. The number of aromatic nitrogens is 1. The number of ether oxygens (including phenoxy) is 3. The molecular weight excluding hydrogens is 815 g/mol. The predicted molar refractivity (Wildman–Crippen MR) is 235 cm³/mol. The highest BCUT2D eigenvalue weighted by Crippen LogP contribution is 2.47. The Hall–Kier alpha value is -6.56. The first-order valence-electron chi connectivity index (χ1n) is 20.7. The molecule has 0 amide bonds. The molecule has 5 aromatic rings. The SMILES string of the molecule is C.O=C(O)c1cccc(Nc2cc(N3CCC[C@@H](C(=O)CCCCOCCOCCOCCCCc4ccc([N+](=O)[O-])cc4[N+](=O)[O-])C3)c3noc4c3c2C(=O)c2ccccc2-4)c1. The van der Waals surface area contributed by atoms with Gasteiger partial charge in [0.2, 0.25) is 0 Å². The molecule has 332 valence electrons. The first-order chi connectivity index (χ1) is 30.1. The van der Waals surface area contributed by atoms with Crippen LogP contribution in [0.25, 0.3) is 22.2 Å². The van der Waals surface area contributed by atoms with E-state index >= 15 is 0 Å². The molecule has 1 aliphatic carbocycles. The summed E-state index contributed by atoms with van der Waals surface area (Å²) in [7, 11) is 0. The van der Waals surface area contributed by atoms with E-state index in [9.17, 15) is 39.7 Å². The van der Waals surface area contributed by atoms with Gasteiger partial charge in [0.25, 0.3) is 11.4 Å². The number of nitrogens with zero attached hydrogens (tertiary/aromatic N) is 4. The minimum Gasteiger partial charge on any atom is -0.478 e. The Labute approximate surface area is 363 Å². The molecule has 0 radical (unpaired) electrons. The van der Waals surface area contributed by atoms with Crippen molar-refractivity contribution in [2.24, 2.45) is 5.92 Å². The van der Waals surface area contributed by atoms with E-state index in [4.69, 9.17) is 18.7 Å². The fourth-order valence-corrected chi connectivity index (χ4v) is 8.04. The Kier molecular flexibility index (Phi) is 15.7. The number of fused-ring (bicyclic) bond motifs is 2. The second-order valence-electron chi connectivity index (χ2n) is 15.3. The second kappa shape index (κ2) is 21.5. The number of nitro groups is 2. The molecule has 1 atom stereocenters. The largest absolute Gasteiger partial charge is 0.478 e. The summed E-state index contributed by atoms with van der Waals surface area (Å²) in [6.07, 6.45) is 5.13. The lowest BCUT2D eigenvalue weighted by molar-refractivity contribution is -0.394. The Balaban J connectivity index is 0.00000661. The third-order valence-corrected chi connectivity index (χ3v) is 11.2. The van der Waals surface area contributed by atoms with Gasteiger partial charge in [0.15, 0.2) is 11.5 Å². The molecule has 17 heteroatoms. The van der Waals surface area contributed by atoms with E-state index in [1.807, 2.05) is 18.2 Å². The Morgan fingerprint density at radius 1 is 0.857 bits per heavy atom. The molecule has 4 aromatic carbocycles. The van der Waals surface area contributed by atoms with Crippen molar-refractivity contribution in [1.82, 2.24) is 5.16 Å². The number of anilines is 3. The van der Waals surface area contributed by atoms with Crippen LogP contribution in [0.3, 0.4) is 0 Å². The standard InChI is InChI=1S/C45H47N5O12.CH4/c51-39(15-4-6-20-60-22-24-61-23-21-59-19-5-3-9-29-16-17-33(49(55)56)26-37(29)50(57)58)31-11-8-18-48(28-31)38-27-36(46-32-12-7-10-30(25-32)45(53)54)40-41-42(38)47-62-44(41)35-14-2-1-13-34(35)43(40)52;/h1-2,7,10,12-14,16-17,25-27,31,46H,3-6,8-9,11,15,18-24,28H2,(H,53,54);1H4/t31-;/m1./s1. The number of carbonyl (C=O) groups is 3. The summed E-state index contributed by atoms with van der Waals surface area (Å²) in [6.45, 7) is 3.72. The molecule has 1 fully saturated rings. The van der Waals surface area contributed by atoms with Gasteiger partial charge in [-0.15, -0.1) is 0 Å². The van der Waals surface area contributed by atoms with Gasteiger partial charge in [-0.25, -0.2) is 4.79 Å². The average Bonchev–Trinajstić information content (AvgIpc) is 3.72. The van der Waals surface area contributed by atoms with Gasteiger partial charge in [-0.05, 0) is 75.3 Å². The number of non-ortho nitro benzene ring substituents is 1. The molecule has 63 heavy (non-hydrogen) atoms. The van der Waals surface area contributed by atoms with E-state index in [1.54, 1.807) is 24.3 Å². The lowest BCUT2D eigenvalue weighted by Gasteiger charge is -2.34. The summed E-state index contributed by atoms with van der Waals surface area (Å²) < 4.78 is 22.8. The molecule has 1 aromatic heterocycles. The number of carbonyl (C=O) groups excluding carboxylic acids is 2. The van der Waals surface area contributed by atoms with Crippen LogP contribution >= 0.6 is 0 Å². The molecule has 1 aliphatic heterocycles. The van der Waals surface area contributed by atoms with Crippen molar-refractivity contribution in [3.63, 3.8) is 0 Å². The third kappa shape index (κ3) is 10.9. The molecule has 0 saturated carbocycles. The van der Waals surface area contributed by atoms with Gasteiger partial charge in [-0.1, -0.05) is 42.9 Å². The summed E-state index contributed by atoms with van der Waals surface area (Å²) in [6, 6.07) is 19.2. The quantitative estimate of drug-likeness (QED) is 0.0348. The van der Waals surface area contributed by atoms with E-state index in [0.717, 1.165) is 31.0 Å². The molecule has 2 heterocycles. The van der Waals surface area contributed by atoms with Gasteiger partial charge < -0.3 is 34.1 Å². The summed E-state index contributed by atoms with van der Waals surface area (Å²) in [5.41, 5.74) is 3.81. The van der Waals surface area contributed by atoms with Crippen molar-refractivity contribution in [1.29, 1.82) is 0 Å². The Bertz CT molecular complexity index is 2470. The molecular formula is C46H51N5O12. The number of hydrogen-bond donors (Lipinski definition) is 2. The lowest BCUT2D eigenvalue weighted by Crippen LogP contribution is -2.39. The first kappa shape index (κ1) is 46.0. The Morgan fingerprint density at radius 3 is 2.29 bits per heavy atom. The van der Waals surface area contributed by atoms with Crippen LogP contribution in [0, 0.1) is 26.1 Å². The molecule has 2 N–H and O–H groups in total. The summed E-state index contributed by atoms with van der Waals surface area (Å²) >= 11 is 0. The summed E-state index contributed by atoms with van der Waals surface area (Å²) in [5.74, 6) is -0.765. The molecule has 7 rings (SSSR count). The minimum absolute atomic E-state index is 0. The maximum Gasteiger partial charge on any atom is 0.335 e. The number of carboxylic acids is 1. The minimum atomic E-state index is -1.07. The van der Waals surface area contributed by atoms with Crippen LogP contribution in [-0.2, 0) is 25.4 Å². The number of ketones is 2. The number of Topliss-reactive ketones (excluding diaryl/α,β-unsaturated/α-hetero) is 1. The van der Waals surface area contributed by atoms with Crippen LogP contribution < -0.4 is 10.2 Å². The molecule has 17 nitrogen and oxygen atoms in total. The van der Waals surface area contributed by atoms with Crippen molar-refractivity contribution in [3.8, 4) is 11.3 Å².